The second kappa shape index (κ2) is 6.69. The molecule has 0 aromatic heterocycles. The lowest BCUT2D eigenvalue weighted by molar-refractivity contribution is -0.116. The van der Waals surface area contributed by atoms with Crippen molar-refractivity contribution in [1.82, 2.24) is 0 Å². The molecule has 2 aromatic carbocycles. The normalized spacial score (nSPS) is 10.2. The molecule has 0 bridgehead atoms. The van der Waals surface area contributed by atoms with E-state index in [0.29, 0.717) is 17.5 Å². The van der Waals surface area contributed by atoms with Gasteiger partial charge in [-0.1, -0.05) is 0 Å². The van der Waals surface area contributed by atoms with Crippen LogP contribution in [0.4, 0.5) is 20.2 Å². The Morgan fingerprint density at radius 2 is 1.86 bits per heavy atom. The zero-order chi connectivity index (χ0) is 15.2. The number of rotatable bonds is 5. The fourth-order valence-electron chi connectivity index (χ4n) is 1.63. The van der Waals surface area contributed by atoms with Gasteiger partial charge in [-0.2, -0.15) is 0 Å². The molecule has 0 heterocycles. The third-order valence-corrected chi connectivity index (χ3v) is 2.68. The molecule has 3 N–H and O–H groups in total. The van der Waals surface area contributed by atoms with E-state index in [9.17, 15) is 13.6 Å². The highest BCUT2D eigenvalue weighted by molar-refractivity contribution is 5.90. The van der Waals surface area contributed by atoms with Crippen LogP contribution in [0.3, 0.4) is 0 Å². The Hall–Kier alpha value is -2.63. The van der Waals surface area contributed by atoms with Gasteiger partial charge in [0.1, 0.15) is 17.4 Å². The minimum Gasteiger partial charge on any atom is -0.493 e. The molecule has 0 atom stereocenters. The Kier molecular flexibility index (Phi) is 4.71. The molecule has 2 rings (SSSR count). The standard InChI is InChI=1S/C15H14F2N2O2/c16-10-1-6-14(13(17)9-10)19-15(20)7-8-21-12-4-2-11(18)3-5-12/h1-6,9H,7-8,18H2,(H,19,20). The number of ether oxygens (including phenoxy) is 1. The number of anilines is 2. The lowest BCUT2D eigenvalue weighted by Crippen LogP contribution is -2.16. The first-order valence-corrected chi connectivity index (χ1v) is 6.28. The smallest absolute Gasteiger partial charge is 0.227 e. The van der Waals surface area contributed by atoms with Crippen molar-refractivity contribution in [3.8, 4) is 5.75 Å². The molecule has 110 valence electrons. The Bertz CT molecular complexity index is 630. The summed E-state index contributed by atoms with van der Waals surface area (Å²) in [6, 6.07) is 9.69. The van der Waals surface area contributed by atoms with Gasteiger partial charge < -0.3 is 15.8 Å². The van der Waals surface area contributed by atoms with E-state index >= 15 is 0 Å². The van der Waals surface area contributed by atoms with Gasteiger partial charge in [0, 0.05) is 11.8 Å². The van der Waals surface area contributed by atoms with Gasteiger partial charge in [0.25, 0.3) is 0 Å². The monoisotopic (exact) mass is 292 g/mol. The highest BCUT2D eigenvalue weighted by Gasteiger charge is 2.08. The summed E-state index contributed by atoms with van der Waals surface area (Å²) in [6.07, 6.45) is 0.0429. The third kappa shape index (κ3) is 4.45. The zero-order valence-electron chi connectivity index (χ0n) is 11.1. The fraction of sp³-hybridized carbons (Fsp3) is 0.133. The average Bonchev–Trinajstić information content (AvgIpc) is 2.44. The van der Waals surface area contributed by atoms with E-state index in [4.69, 9.17) is 10.5 Å². The Balaban J connectivity index is 1.81. The molecule has 4 nitrogen and oxygen atoms in total. The van der Waals surface area contributed by atoms with Crippen molar-refractivity contribution in [2.45, 2.75) is 6.42 Å². The summed E-state index contributed by atoms with van der Waals surface area (Å²) >= 11 is 0. The number of benzene rings is 2. The second-order valence-corrected chi connectivity index (χ2v) is 4.34. The van der Waals surface area contributed by atoms with Crippen LogP contribution in [-0.2, 0) is 4.79 Å². The molecule has 0 fully saturated rings. The molecule has 0 aliphatic heterocycles. The number of nitrogens with two attached hydrogens (primary N) is 1. The summed E-state index contributed by atoms with van der Waals surface area (Å²) < 4.78 is 31.4. The van der Waals surface area contributed by atoms with E-state index in [-0.39, 0.29) is 18.7 Å². The molecule has 0 saturated heterocycles. The van der Waals surface area contributed by atoms with Crippen LogP contribution in [0.25, 0.3) is 0 Å². The minimum atomic E-state index is -0.817. The van der Waals surface area contributed by atoms with Crippen molar-refractivity contribution >= 4 is 17.3 Å². The van der Waals surface area contributed by atoms with Crippen LogP contribution in [0.5, 0.6) is 5.75 Å². The van der Waals surface area contributed by atoms with Gasteiger partial charge >= 0.3 is 0 Å². The number of carbonyl (C=O) groups is 1. The lowest BCUT2D eigenvalue weighted by Gasteiger charge is -2.08. The van der Waals surface area contributed by atoms with Crippen LogP contribution in [0.2, 0.25) is 0 Å². The first-order chi connectivity index (χ1) is 10.0. The number of carbonyl (C=O) groups excluding carboxylic acids is 1. The zero-order valence-corrected chi connectivity index (χ0v) is 11.1. The largest absolute Gasteiger partial charge is 0.493 e. The molecule has 0 spiro atoms. The Morgan fingerprint density at radius 1 is 1.14 bits per heavy atom. The molecule has 0 radical (unpaired) electrons. The van der Waals surface area contributed by atoms with Gasteiger partial charge in [-0.25, -0.2) is 8.78 Å². The van der Waals surface area contributed by atoms with Gasteiger partial charge in [-0.15, -0.1) is 0 Å². The van der Waals surface area contributed by atoms with Crippen molar-refractivity contribution in [2.24, 2.45) is 0 Å². The van der Waals surface area contributed by atoms with Gasteiger partial charge in [0.05, 0.1) is 18.7 Å². The molecule has 21 heavy (non-hydrogen) atoms. The maximum Gasteiger partial charge on any atom is 0.227 e. The van der Waals surface area contributed by atoms with Crippen molar-refractivity contribution in [3.63, 3.8) is 0 Å². The van der Waals surface area contributed by atoms with Gasteiger partial charge in [-0.05, 0) is 36.4 Å². The van der Waals surface area contributed by atoms with E-state index in [1.807, 2.05) is 0 Å². The molecule has 2 aromatic rings. The van der Waals surface area contributed by atoms with Crippen LogP contribution in [-0.4, -0.2) is 12.5 Å². The maximum atomic E-state index is 13.3. The van der Waals surface area contributed by atoms with E-state index in [0.717, 1.165) is 6.07 Å². The average molecular weight is 292 g/mol. The summed E-state index contributed by atoms with van der Waals surface area (Å²) in [6.45, 7) is 0.137. The molecule has 0 aliphatic carbocycles. The van der Waals surface area contributed by atoms with E-state index in [2.05, 4.69) is 5.32 Å². The topological polar surface area (TPSA) is 64.3 Å². The number of nitrogens with one attached hydrogen (secondary N) is 1. The lowest BCUT2D eigenvalue weighted by atomic mass is 10.3. The van der Waals surface area contributed by atoms with Crippen molar-refractivity contribution in [3.05, 3.63) is 54.1 Å². The molecule has 0 unspecified atom stereocenters. The van der Waals surface area contributed by atoms with Crippen molar-refractivity contribution < 1.29 is 18.3 Å². The number of amides is 1. The number of halogens is 2. The van der Waals surface area contributed by atoms with Gasteiger partial charge in [0.15, 0.2) is 0 Å². The molecular formula is C15H14F2N2O2. The Labute approximate surface area is 120 Å². The van der Waals surface area contributed by atoms with Crippen LogP contribution in [0.1, 0.15) is 6.42 Å². The van der Waals surface area contributed by atoms with Crippen LogP contribution < -0.4 is 15.8 Å². The predicted molar refractivity (Wildman–Crippen MR) is 76.0 cm³/mol. The molecule has 6 heteroatoms. The van der Waals surface area contributed by atoms with Crippen LogP contribution in [0, 0.1) is 11.6 Å². The predicted octanol–water partition coefficient (Wildman–Crippen LogP) is 2.95. The van der Waals surface area contributed by atoms with Gasteiger partial charge in [0.2, 0.25) is 5.91 Å². The summed E-state index contributed by atoms with van der Waals surface area (Å²) in [5, 5.41) is 2.35. The summed E-state index contributed by atoms with van der Waals surface area (Å²) in [7, 11) is 0. The van der Waals surface area contributed by atoms with Gasteiger partial charge in [-0.3, -0.25) is 4.79 Å². The fourth-order valence-corrected chi connectivity index (χ4v) is 1.63. The number of hydrogen-bond acceptors (Lipinski definition) is 3. The highest BCUT2D eigenvalue weighted by atomic mass is 19.1. The molecular weight excluding hydrogens is 278 g/mol. The van der Waals surface area contributed by atoms with E-state index in [1.165, 1.54) is 6.07 Å². The van der Waals surface area contributed by atoms with Crippen LogP contribution >= 0.6 is 0 Å². The third-order valence-electron chi connectivity index (χ3n) is 2.68. The first kappa shape index (κ1) is 14.8. The number of nitrogen functional groups attached to an aromatic ring is 1. The highest BCUT2D eigenvalue weighted by Crippen LogP contribution is 2.16. The quantitative estimate of drug-likeness (QED) is 0.833. The van der Waals surface area contributed by atoms with E-state index < -0.39 is 17.5 Å². The summed E-state index contributed by atoms with van der Waals surface area (Å²) in [5.41, 5.74) is 6.09. The summed E-state index contributed by atoms with van der Waals surface area (Å²) in [5.74, 6) is -1.35. The SMILES string of the molecule is Nc1ccc(OCCC(=O)Nc2ccc(F)cc2F)cc1. The van der Waals surface area contributed by atoms with Crippen LogP contribution in [0.15, 0.2) is 42.5 Å². The van der Waals surface area contributed by atoms with Crippen molar-refractivity contribution in [1.29, 1.82) is 0 Å². The maximum absolute atomic E-state index is 13.3. The van der Waals surface area contributed by atoms with E-state index in [1.54, 1.807) is 24.3 Å². The minimum absolute atomic E-state index is 0.0429. The summed E-state index contributed by atoms with van der Waals surface area (Å²) in [4.78, 5) is 11.6. The Morgan fingerprint density at radius 3 is 2.52 bits per heavy atom. The first-order valence-electron chi connectivity index (χ1n) is 6.28. The molecule has 1 amide bonds. The van der Waals surface area contributed by atoms with Crippen molar-refractivity contribution in [2.75, 3.05) is 17.7 Å². The molecule has 0 saturated carbocycles. The number of hydrogen-bond donors (Lipinski definition) is 2. The second-order valence-electron chi connectivity index (χ2n) is 4.34. The molecule has 0 aliphatic rings.